The Labute approximate surface area is 117 Å². The molecule has 0 radical (unpaired) electrons. The Balaban J connectivity index is 2.11. The first-order valence-corrected chi connectivity index (χ1v) is 8.74. The number of hydrogen-bond acceptors (Lipinski definition) is 3. The van der Waals surface area contributed by atoms with Crippen LogP contribution >= 0.6 is 0 Å². The quantitative estimate of drug-likeness (QED) is 0.829. The summed E-state index contributed by atoms with van der Waals surface area (Å²) in [6.07, 6.45) is 5.00. The fourth-order valence-corrected chi connectivity index (χ4v) is 4.84. The molecule has 0 aliphatic carbocycles. The molecule has 2 rings (SSSR count). The molecule has 112 valence electrons. The summed E-state index contributed by atoms with van der Waals surface area (Å²) in [7, 11) is -3.29. The lowest BCUT2D eigenvalue weighted by atomic mass is 9.81. The first-order chi connectivity index (χ1) is 8.84. The third kappa shape index (κ3) is 3.29. The molecule has 2 aliphatic rings. The van der Waals surface area contributed by atoms with E-state index < -0.39 is 10.2 Å². The van der Waals surface area contributed by atoms with Crippen LogP contribution in [0.1, 0.15) is 46.0 Å². The van der Waals surface area contributed by atoms with Crippen molar-refractivity contribution >= 4 is 10.2 Å². The third-order valence-electron chi connectivity index (χ3n) is 4.49. The minimum absolute atomic E-state index is 0.0862. The largest absolute Gasteiger partial charge is 0.327 e. The molecule has 0 aromatic carbocycles. The van der Waals surface area contributed by atoms with Crippen molar-refractivity contribution < 1.29 is 8.42 Å². The lowest BCUT2D eigenvalue weighted by molar-refractivity contribution is 0.148. The van der Waals surface area contributed by atoms with Gasteiger partial charge in [-0.15, -0.1) is 0 Å². The van der Waals surface area contributed by atoms with Gasteiger partial charge in [0.15, 0.2) is 0 Å². The summed E-state index contributed by atoms with van der Waals surface area (Å²) in [6.45, 7) is 6.55. The van der Waals surface area contributed by atoms with E-state index in [1.807, 2.05) is 0 Å². The second-order valence-corrected chi connectivity index (χ2v) is 8.47. The SMILES string of the molecule is CC1(C)CN(S(=O)(=O)N2CCCCCC2)CCC1N. The van der Waals surface area contributed by atoms with Crippen LogP contribution in [0.2, 0.25) is 0 Å². The molecule has 5 nitrogen and oxygen atoms in total. The topological polar surface area (TPSA) is 66.6 Å². The molecule has 19 heavy (non-hydrogen) atoms. The fraction of sp³-hybridized carbons (Fsp3) is 1.00. The van der Waals surface area contributed by atoms with Gasteiger partial charge in [-0.05, 0) is 24.7 Å². The van der Waals surface area contributed by atoms with Gasteiger partial charge in [0.25, 0.3) is 10.2 Å². The van der Waals surface area contributed by atoms with Crippen LogP contribution in [0.4, 0.5) is 0 Å². The predicted molar refractivity (Wildman–Crippen MR) is 76.9 cm³/mol. The molecule has 0 aromatic rings. The lowest BCUT2D eigenvalue weighted by Gasteiger charge is -2.43. The zero-order valence-corrected chi connectivity index (χ0v) is 13.0. The van der Waals surface area contributed by atoms with Crippen LogP contribution in [0.5, 0.6) is 0 Å². The van der Waals surface area contributed by atoms with Gasteiger partial charge in [0.05, 0.1) is 0 Å². The van der Waals surface area contributed by atoms with Crippen molar-refractivity contribution in [2.24, 2.45) is 11.1 Å². The van der Waals surface area contributed by atoms with E-state index in [2.05, 4.69) is 13.8 Å². The standard InChI is InChI=1S/C13H27N3O2S/c1-13(2)11-16(10-7-12(13)14)19(17,18)15-8-5-3-4-6-9-15/h12H,3-11,14H2,1-2H3. The zero-order valence-electron chi connectivity index (χ0n) is 12.1. The molecule has 2 aliphatic heterocycles. The molecule has 2 fully saturated rings. The van der Waals surface area contributed by atoms with Crippen LogP contribution in [0, 0.1) is 5.41 Å². The highest BCUT2D eigenvalue weighted by atomic mass is 32.2. The van der Waals surface area contributed by atoms with E-state index in [1.54, 1.807) is 8.61 Å². The van der Waals surface area contributed by atoms with E-state index in [1.165, 1.54) is 0 Å². The van der Waals surface area contributed by atoms with E-state index >= 15 is 0 Å². The van der Waals surface area contributed by atoms with Crippen molar-refractivity contribution in [3.8, 4) is 0 Å². The minimum atomic E-state index is -3.29. The average Bonchev–Trinajstić information content (AvgIpc) is 2.61. The first-order valence-electron chi connectivity index (χ1n) is 7.35. The smallest absolute Gasteiger partial charge is 0.281 e. The molecule has 0 amide bonds. The number of piperidine rings is 1. The van der Waals surface area contributed by atoms with Crippen LogP contribution in [0.25, 0.3) is 0 Å². The van der Waals surface area contributed by atoms with Crippen molar-refractivity contribution in [1.29, 1.82) is 0 Å². The van der Waals surface area contributed by atoms with Gasteiger partial charge >= 0.3 is 0 Å². The highest BCUT2D eigenvalue weighted by Gasteiger charge is 2.40. The Morgan fingerprint density at radius 3 is 2.11 bits per heavy atom. The Bertz CT molecular complexity index is 400. The van der Waals surface area contributed by atoms with Crippen LogP contribution in [-0.2, 0) is 10.2 Å². The van der Waals surface area contributed by atoms with Crippen molar-refractivity contribution in [3.05, 3.63) is 0 Å². The van der Waals surface area contributed by atoms with Gasteiger partial charge in [-0.1, -0.05) is 26.7 Å². The summed E-state index contributed by atoms with van der Waals surface area (Å²) in [5.74, 6) is 0. The van der Waals surface area contributed by atoms with Gasteiger partial charge in [-0.3, -0.25) is 0 Å². The Morgan fingerprint density at radius 1 is 1.00 bits per heavy atom. The summed E-state index contributed by atoms with van der Waals surface area (Å²) in [5.41, 5.74) is 5.94. The fourth-order valence-electron chi connectivity index (χ4n) is 2.96. The second-order valence-electron chi connectivity index (χ2n) is 6.54. The highest BCUT2D eigenvalue weighted by molar-refractivity contribution is 7.86. The van der Waals surface area contributed by atoms with Gasteiger partial charge in [0.2, 0.25) is 0 Å². The van der Waals surface area contributed by atoms with Gasteiger partial charge in [0, 0.05) is 32.2 Å². The van der Waals surface area contributed by atoms with Gasteiger partial charge in [-0.25, -0.2) is 0 Å². The van der Waals surface area contributed by atoms with Crippen LogP contribution in [0.3, 0.4) is 0 Å². The molecule has 0 saturated carbocycles. The van der Waals surface area contributed by atoms with Crippen molar-refractivity contribution in [2.45, 2.75) is 52.0 Å². The molecule has 2 N–H and O–H groups in total. The van der Waals surface area contributed by atoms with Crippen LogP contribution < -0.4 is 5.73 Å². The summed E-state index contributed by atoms with van der Waals surface area (Å²) in [4.78, 5) is 0. The average molecular weight is 289 g/mol. The molecule has 0 aromatic heterocycles. The summed E-state index contributed by atoms with van der Waals surface area (Å²) in [6, 6.07) is 0.0862. The summed E-state index contributed by atoms with van der Waals surface area (Å²) >= 11 is 0. The van der Waals surface area contributed by atoms with E-state index in [0.29, 0.717) is 26.2 Å². The molecular weight excluding hydrogens is 262 g/mol. The molecule has 0 bridgehead atoms. The van der Waals surface area contributed by atoms with Crippen LogP contribution in [0.15, 0.2) is 0 Å². The number of hydrogen-bond donors (Lipinski definition) is 1. The van der Waals surface area contributed by atoms with Crippen LogP contribution in [-0.4, -0.2) is 49.2 Å². The predicted octanol–water partition coefficient (Wildman–Crippen LogP) is 1.17. The molecule has 2 saturated heterocycles. The maximum atomic E-state index is 12.7. The Hall–Kier alpha value is -0.170. The number of nitrogens with two attached hydrogens (primary N) is 1. The monoisotopic (exact) mass is 289 g/mol. The first kappa shape index (κ1) is 15.2. The van der Waals surface area contributed by atoms with Gasteiger partial charge in [0.1, 0.15) is 0 Å². The van der Waals surface area contributed by atoms with Gasteiger partial charge in [-0.2, -0.15) is 17.0 Å². The van der Waals surface area contributed by atoms with E-state index in [0.717, 1.165) is 32.1 Å². The van der Waals surface area contributed by atoms with Gasteiger partial charge < -0.3 is 5.73 Å². The second kappa shape index (κ2) is 5.68. The molecular formula is C13H27N3O2S. The van der Waals surface area contributed by atoms with E-state index in [9.17, 15) is 8.42 Å². The molecule has 6 heteroatoms. The molecule has 1 unspecified atom stereocenters. The summed E-state index contributed by atoms with van der Waals surface area (Å²) < 4.78 is 28.7. The van der Waals surface area contributed by atoms with E-state index in [-0.39, 0.29) is 11.5 Å². The highest BCUT2D eigenvalue weighted by Crippen LogP contribution is 2.30. The minimum Gasteiger partial charge on any atom is -0.327 e. The van der Waals surface area contributed by atoms with Crippen molar-refractivity contribution in [1.82, 2.24) is 8.61 Å². The summed E-state index contributed by atoms with van der Waals surface area (Å²) in [5, 5.41) is 0. The Kier molecular flexibility index (Phi) is 4.55. The molecule has 1 atom stereocenters. The molecule has 2 heterocycles. The maximum Gasteiger partial charge on any atom is 0.281 e. The maximum absolute atomic E-state index is 12.7. The van der Waals surface area contributed by atoms with E-state index in [4.69, 9.17) is 5.73 Å². The van der Waals surface area contributed by atoms with Crippen molar-refractivity contribution in [2.75, 3.05) is 26.2 Å². The number of nitrogens with zero attached hydrogens (tertiary/aromatic N) is 2. The van der Waals surface area contributed by atoms with Crippen molar-refractivity contribution in [3.63, 3.8) is 0 Å². The normalized spacial score (nSPS) is 31.0. The number of rotatable bonds is 2. The lowest BCUT2D eigenvalue weighted by Crippen LogP contribution is -2.56. The Morgan fingerprint density at radius 2 is 1.58 bits per heavy atom. The molecule has 0 spiro atoms. The third-order valence-corrected chi connectivity index (χ3v) is 6.48. The zero-order chi connectivity index (χ0) is 14.1.